The fourth-order valence-electron chi connectivity index (χ4n) is 4.07. The van der Waals surface area contributed by atoms with Crippen molar-refractivity contribution in [2.24, 2.45) is 0 Å². The summed E-state index contributed by atoms with van der Waals surface area (Å²) in [6, 6.07) is 11.3. The molecule has 4 rings (SSSR count). The molecule has 1 atom stereocenters. The number of fused-ring (bicyclic) bond motifs is 1. The maximum atomic E-state index is 14.5. The maximum absolute atomic E-state index is 14.5. The molecule has 2 aromatic carbocycles. The molecule has 2 N–H and O–H groups in total. The average Bonchev–Trinajstić information content (AvgIpc) is 3.26. The molecule has 3 aromatic rings. The zero-order valence-corrected chi connectivity index (χ0v) is 18.5. The third-order valence-electron chi connectivity index (χ3n) is 5.73. The molecule has 0 unspecified atom stereocenters. The number of halogens is 3. The normalized spacial score (nSPS) is 13.5. The van der Waals surface area contributed by atoms with E-state index in [1.54, 1.807) is 24.4 Å². The van der Waals surface area contributed by atoms with Crippen LogP contribution in [0.3, 0.4) is 0 Å². The molecular weight excluding hydrogens is 447 g/mol. The Balaban J connectivity index is 1.58. The number of amides is 1. The van der Waals surface area contributed by atoms with Crippen molar-refractivity contribution in [1.82, 2.24) is 10.3 Å². The molecule has 0 saturated carbocycles. The molecule has 0 bridgehead atoms. The lowest BCUT2D eigenvalue weighted by Crippen LogP contribution is -2.32. The Morgan fingerprint density at radius 3 is 2.71 bits per heavy atom. The van der Waals surface area contributed by atoms with Crippen LogP contribution in [0.2, 0.25) is 0 Å². The summed E-state index contributed by atoms with van der Waals surface area (Å²) in [5, 5.41) is 11.1. The van der Waals surface area contributed by atoms with Crippen LogP contribution >= 0.6 is 0 Å². The summed E-state index contributed by atoms with van der Waals surface area (Å²) in [4.78, 5) is 18.9. The highest BCUT2D eigenvalue weighted by Crippen LogP contribution is 2.37. The number of methoxy groups -OCH3 is 1. The van der Waals surface area contributed by atoms with Gasteiger partial charge >= 0.3 is 0 Å². The molecule has 0 radical (unpaired) electrons. The van der Waals surface area contributed by atoms with E-state index in [2.05, 4.69) is 10.3 Å². The minimum Gasteiger partial charge on any atom is -0.494 e. The SMILES string of the molecule is COc1ccc(Cc2ccnc(N3CCc4c3ccc(F)c4C(=O)NC[C@@H](F)CO)c2)cc1F. The number of ether oxygens (including phenoxy) is 1. The van der Waals surface area contributed by atoms with E-state index < -0.39 is 36.9 Å². The van der Waals surface area contributed by atoms with Crippen molar-refractivity contribution in [3.05, 3.63) is 82.5 Å². The smallest absolute Gasteiger partial charge is 0.254 e. The minimum absolute atomic E-state index is 0.130. The lowest BCUT2D eigenvalue weighted by molar-refractivity contribution is 0.0923. The largest absolute Gasteiger partial charge is 0.494 e. The Morgan fingerprint density at radius 2 is 1.97 bits per heavy atom. The van der Waals surface area contributed by atoms with Gasteiger partial charge < -0.3 is 20.1 Å². The summed E-state index contributed by atoms with van der Waals surface area (Å²) in [5.41, 5.74) is 2.70. The van der Waals surface area contributed by atoms with Crippen molar-refractivity contribution >= 4 is 17.4 Å². The number of hydrogen-bond donors (Lipinski definition) is 2. The van der Waals surface area contributed by atoms with Crippen molar-refractivity contribution in [3.63, 3.8) is 0 Å². The molecule has 9 heteroatoms. The Bertz CT molecular complexity index is 1210. The monoisotopic (exact) mass is 471 g/mol. The first-order valence-electron chi connectivity index (χ1n) is 10.8. The number of carbonyl (C=O) groups is 1. The van der Waals surface area contributed by atoms with Crippen LogP contribution in [-0.4, -0.2) is 49.0 Å². The molecule has 1 aliphatic heterocycles. The van der Waals surface area contributed by atoms with E-state index in [0.29, 0.717) is 36.5 Å². The van der Waals surface area contributed by atoms with E-state index in [0.717, 1.165) is 11.1 Å². The molecular formula is C25H24F3N3O3. The van der Waals surface area contributed by atoms with E-state index in [9.17, 15) is 18.0 Å². The molecule has 2 heterocycles. The second-order valence-electron chi connectivity index (χ2n) is 7.98. The Hall–Kier alpha value is -3.59. The molecule has 1 aromatic heterocycles. The number of aliphatic hydroxyl groups excluding tert-OH is 1. The predicted molar refractivity (Wildman–Crippen MR) is 121 cm³/mol. The third-order valence-corrected chi connectivity index (χ3v) is 5.73. The van der Waals surface area contributed by atoms with Crippen LogP contribution in [0, 0.1) is 11.6 Å². The number of benzene rings is 2. The first kappa shape index (κ1) is 23.6. The molecule has 0 aliphatic carbocycles. The summed E-state index contributed by atoms with van der Waals surface area (Å²) in [7, 11) is 1.41. The van der Waals surface area contributed by atoms with Crippen molar-refractivity contribution in [1.29, 1.82) is 0 Å². The fourth-order valence-corrected chi connectivity index (χ4v) is 4.07. The number of aliphatic hydroxyl groups is 1. The first-order chi connectivity index (χ1) is 16.4. The predicted octanol–water partition coefficient (Wildman–Crippen LogP) is 3.71. The van der Waals surface area contributed by atoms with E-state index >= 15 is 0 Å². The number of pyridine rings is 1. The van der Waals surface area contributed by atoms with Gasteiger partial charge in [-0.15, -0.1) is 0 Å². The first-order valence-corrected chi connectivity index (χ1v) is 10.8. The number of rotatable bonds is 8. The van der Waals surface area contributed by atoms with Crippen LogP contribution in [0.15, 0.2) is 48.7 Å². The molecule has 0 saturated heterocycles. The number of nitrogens with one attached hydrogen (secondary N) is 1. The number of nitrogens with zero attached hydrogens (tertiary/aromatic N) is 2. The number of anilines is 2. The van der Waals surface area contributed by atoms with Crippen LogP contribution in [-0.2, 0) is 12.8 Å². The van der Waals surface area contributed by atoms with Crippen molar-refractivity contribution in [2.75, 3.05) is 31.7 Å². The van der Waals surface area contributed by atoms with Crippen molar-refractivity contribution in [3.8, 4) is 5.75 Å². The summed E-state index contributed by atoms with van der Waals surface area (Å²) in [5.74, 6) is -1.06. The highest BCUT2D eigenvalue weighted by Gasteiger charge is 2.29. The van der Waals surface area contributed by atoms with Gasteiger partial charge in [0, 0.05) is 18.4 Å². The van der Waals surface area contributed by atoms with E-state index in [4.69, 9.17) is 9.84 Å². The minimum atomic E-state index is -1.62. The van der Waals surface area contributed by atoms with Gasteiger partial charge in [-0.3, -0.25) is 4.79 Å². The zero-order valence-electron chi connectivity index (χ0n) is 18.5. The van der Waals surface area contributed by atoms with E-state index in [1.807, 2.05) is 17.0 Å². The van der Waals surface area contributed by atoms with Crippen LogP contribution in [0.25, 0.3) is 0 Å². The van der Waals surface area contributed by atoms with Crippen LogP contribution in [0.4, 0.5) is 24.7 Å². The van der Waals surface area contributed by atoms with Gasteiger partial charge in [0.05, 0.1) is 25.8 Å². The molecule has 34 heavy (non-hydrogen) atoms. The van der Waals surface area contributed by atoms with Crippen LogP contribution < -0.4 is 15.0 Å². The van der Waals surface area contributed by atoms with Gasteiger partial charge in [-0.2, -0.15) is 0 Å². The van der Waals surface area contributed by atoms with Gasteiger partial charge in [0.2, 0.25) is 0 Å². The Morgan fingerprint density at radius 1 is 1.18 bits per heavy atom. The summed E-state index contributed by atoms with van der Waals surface area (Å²) < 4.78 is 46.9. The van der Waals surface area contributed by atoms with E-state index in [-0.39, 0.29) is 11.3 Å². The summed E-state index contributed by atoms with van der Waals surface area (Å²) >= 11 is 0. The maximum Gasteiger partial charge on any atom is 0.254 e. The van der Waals surface area contributed by atoms with Crippen molar-refractivity contribution in [2.45, 2.75) is 19.0 Å². The third kappa shape index (κ3) is 4.84. The summed E-state index contributed by atoms with van der Waals surface area (Å²) in [6.45, 7) is -0.651. The number of carbonyl (C=O) groups excluding carboxylic acids is 1. The average molecular weight is 471 g/mol. The number of alkyl halides is 1. The lowest BCUT2D eigenvalue weighted by Gasteiger charge is -2.20. The van der Waals surface area contributed by atoms with Gasteiger partial charge in [0.25, 0.3) is 5.91 Å². The van der Waals surface area contributed by atoms with Gasteiger partial charge in [-0.1, -0.05) is 6.07 Å². The molecule has 6 nitrogen and oxygen atoms in total. The number of aromatic nitrogens is 1. The topological polar surface area (TPSA) is 74.7 Å². The highest BCUT2D eigenvalue weighted by atomic mass is 19.1. The molecule has 0 spiro atoms. The summed E-state index contributed by atoms with van der Waals surface area (Å²) in [6.07, 6.45) is 0.913. The molecule has 1 aliphatic rings. The molecule has 1 amide bonds. The second kappa shape index (κ2) is 10.1. The van der Waals surface area contributed by atoms with Crippen molar-refractivity contribution < 1.29 is 27.8 Å². The molecule has 0 fully saturated rings. The quantitative estimate of drug-likeness (QED) is 0.524. The second-order valence-corrected chi connectivity index (χ2v) is 7.98. The zero-order chi connectivity index (χ0) is 24.2. The lowest BCUT2D eigenvalue weighted by atomic mass is 10.0. The number of hydrogen-bond acceptors (Lipinski definition) is 5. The van der Waals surface area contributed by atoms with E-state index in [1.165, 1.54) is 19.2 Å². The Kier molecular flexibility index (Phi) is 7.02. The van der Waals surface area contributed by atoms with Gasteiger partial charge in [0.1, 0.15) is 17.8 Å². The fraction of sp³-hybridized carbons (Fsp3) is 0.280. The van der Waals surface area contributed by atoms with Crippen LogP contribution in [0.5, 0.6) is 5.75 Å². The Labute approximate surface area is 195 Å². The van der Waals surface area contributed by atoms with Crippen LogP contribution in [0.1, 0.15) is 27.0 Å². The van der Waals surface area contributed by atoms with Gasteiger partial charge in [-0.05, 0) is 65.9 Å². The van der Waals surface area contributed by atoms with Gasteiger partial charge in [-0.25, -0.2) is 18.2 Å². The highest BCUT2D eigenvalue weighted by molar-refractivity contribution is 5.98. The van der Waals surface area contributed by atoms with Gasteiger partial charge in [0.15, 0.2) is 11.6 Å². The standard InChI is InChI=1S/C25H24F3N3O3/c1-34-22-5-2-15(11-20(22)28)10-16-6-8-29-23(12-16)31-9-7-18-21(31)4-3-19(27)24(18)25(33)30-13-17(26)14-32/h2-6,8,11-12,17,32H,7,9-10,13-14H2,1H3,(H,30,33)/t17-/m1/s1. The molecule has 178 valence electrons.